The van der Waals surface area contributed by atoms with Crippen molar-refractivity contribution in [2.45, 2.75) is 6.42 Å². The number of ether oxygens (including phenoxy) is 2. The highest BCUT2D eigenvalue weighted by Gasteiger charge is 2.37. The average molecular weight is 356 g/mol. The van der Waals surface area contributed by atoms with Gasteiger partial charge in [0.15, 0.2) is 0 Å². The number of benzene rings is 2. The van der Waals surface area contributed by atoms with Crippen molar-refractivity contribution in [3.63, 3.8) is 0 Å². The van der Waals surface area contributed by atoms with Crippen LogP contribution in [0.4, 0.5) is 11.4 Å². The molecule has 1 atom stereocenters. The second-order valence-corrected chi connectivity index (χ2v) is 5.75. The average Bonchev–Trinajstić information content (AvgIpc) is 3.04. The van der Waals surface area contributed by atoms with E-state index in [0.717, 1.165) is 0 Å². The van der Waals surface area contributed by atoms with Gasteiger partial charge < -0.3 is 14.4 Å². The van der Waals surface area contributed by atoms with Gasteiger partial charge in [-0.25, -0.2) is 0 Å². The molecule has 0 bridgehead atoms. The number of esters is 1. The number of nitrogens with zero attached hydrogens (tertiary/aromatic N) is 2. The van der Waals surface area contributed by atoms with Crippen LogP contribution in [0.5, 0.6) is 11.5 Å². The third-order valence-corrected chi connectivity index (χ3v) is 4.10. The molecule has 0 saturated carbocycles. The van der Waals surface area contributed by atoms with Crippen molar-refractivity contribution in [1.29, 1.82) is 0 Å². The normalized spacial score (nSPS) is 16.4. The second-order valence-electron chi connectivity index (χ2n) is 5.75. The van der Waals surface area contributed by atoms with E-state index in [0.29, 0.717) is 11.4 Å². The summed E-state index contributed by atoms with van der Waals surface area (Å²) in [5.74, 6) is -0.624. The first kappa shape index (κ1) is 17.4. The molecule has 1 aliphatic heterocycles. The van der Waals surface area contributed by atoms with E-state index in [1.54, 1.807) is 24.3 Å². The topological polar surface area (TPSA) is 99.0 Å². The molecule has 8 nitrogen and oxygen atoms in total. The SMILES string of the molecule is COc1ccccc1N1C[C@@H](C(=O)Oc2ccc([N+](=O)[O-])cc2)CC1=O. The van der Waals surface area contributed by atoms with Crippen LogP contribution in [0.15, 0.2) is 48.5 Å². The van der Waals surface area contributed by atoms with Gasteiger partial charge in [0.05, 0.1) is 23.6 Å². The van der Waals surface area contributed by atoms with Gasteiger partial charge in [-0.1, -0.05) is 12.1 Å². The Balaban J connectivity index is 1.70. The Morgan fingerprint density at radius 1 is 1.19 bits per heavy atom. The molecule has 1 saturated heterocycles. The summed E-state index contributed by atoms with van der Waals surface area (Å²) >= 11 is 0. The summed E-state index contributed by atoms with van der Waals surface area (Å²) in [6.07, 6.45) is 0.0316. The van der Waals surface area contributed by atoms with Crippen LogP contribution in [-0.2, 0) is 9.59 Å². The molecule has 0 aliphatic carbocycles. The fraction of sp³-hybridized carbons (Fsp3) is 0.222. The summed E-state index contributed by atoms with van der Waals surface area (Å²) in [5, 5.41) is 10.6. The summed E-state index contributed by atoms with van der Waals surface area (Å²) in [6.45, 7) is 0.186. The van der Waals surface area contributed by atoms with Gasteiger partial charge >= 0.3 is 5.97 Å². The molecule has 1 amide bonds. The highest BCUT2D eigenvalue weighted by Crippen LogP contribution is 2.33. The zero-order valence-electron chi connectivity index (χ0n) is 14.0. The van der Waals surface area contributed by atoms with Crippen molar-refractivity contribution in [2.75, 3.05) is 18.6 Å². The van der Waals surface area contributed by atoms with Gasteiger partial charge in [-0.2, -0.15) is 0 Å². The van der Waals surface area contributed by atoms with Gasteiger partial charge in [-0.05, 0) is 24.3 Å². The number of hydrogen-bond acceptors (Lipinski definition) is 6. The Labute approximate surface area is 149 Å². The van der Waals surface area contributed by atoms with Gasteiger partial charge in [0.25, 0.3) is 5.69 Å². The van der Waals surface area contributed by atoms with Crippen LogP contribution >= 0.6 is 0 Å². The third-order valence-electron chi connectivity index (χ3n) is 4.10. The molecule has 1 fully saturated rings. The van der Waals surface area contributed by atoms with Crippen LogP contribution < -0.4 is 14.4 Å². The molecule has 26 heavy (non-hydrogen) atoms. The largest absolute Gasteiger partial charge is 0.495 e. The Morgan fingerprint density at radius 2 is 1.88 bits per heavy atom. The lowest BCUT2D eigenvalue weighted by molar-refractivity contribution is -0.384. The first-order valence-corrected chi connectivity index (χ1v) is 7.89. The van der Waals surface area contributed by atoms with E-state index in [2.05, 4.69) is 0 Å². The molecule has 0 N–H and O–H groups in total. The molecular weight excluding hydrogens is 340 g/mol. The fourth-order valence-electron chi connectivity index (χ4n) is 2.79. The van der Waals surface area contributed by atoms with E-state index in [-0.39, 0.29) is 30.3 Å². The summed E-state index contributed by atoms with van der Waals surface area (Å²) < 4.78 is 10.5. The molecular formula is C18H16N2O6. The molecule has 2 aromatic rings. The second kappa shape index (κ2) is 7.22. The molecule has 0 aromatic heterocycles. The third kappa shape index (κ3) is 3.49. The number of hydrogen-bond donors (Lipinski definition) is 0. The number of nitro groups is 1. The number of anilines is 1. The van der Waals surface area contributed by atoms with Gasteiger partial charge in [0, 0.05) is 25.1 Å². The van der Waals surface area contributed by atoms with E-state index in [1.165, 1.54) is 36.3 Å². The number of rotatable bonds is 5. The zero-order chi connectivity index (χ0) is 18.7. The highest BCUT2D eigenvalue weighted by molar-refractivity contribution is 6.00. The van der Waals surface area contributed by atoms with Crippen LogP contribution in [0.1, 0.15) is 6.42 Å². The molecule has 1 heterocycles. The predicted molar refractivity (Wildman–Crippen MR) is 92.2 cm³/mol. The number of nitro benzene ring substituents is 1. The van der Waals surface area contributed by atoms with E-state index in [4.69, 9.17) is 9.47 Å². The highest BCUT2D eigenvalue weighted by atomic mass is 16.6. The van der Waals surface area contributed by atoms with E-state index in [9.17, 15) is 19.7 Å². The minimum absolute atomic E-state index is 0.0316. The number of methoxy groups -OCH3 is 1. The molecule has 2 aromatic carbocycles. The standard InChI is InChI=1S/C18H16N2O6/c1-25-16-5-3-2-4-15(16)19-11-12(10-17(19)21)18(22)26-14-8-6-13(7-9-14)20(23)24/h2-9,12H,10-11H2,1H3/t12-/m0/s1. The monoisotopic (exact) mass is 356 g/mol. The van der Waals surface area contributed by atoms with Crippen molar-refractivity contribution in [2.24, 2.45) is 5.92 Å². The first-order chi connectivity index (χ1) is 12.5. The fourth-order valence-corrected chi connectivity index (χ4v) is 2.79. The van der Waals surface area contributed by atoms with E-state index >= 15 is 0 Å². The van der Waals surface area contributed by atoms with Gasteiger partial charge in [0.2, 0.25) is 5.91 Å². The quantitative estimate of drug-likeness (QED) is 0.353. The number of carbonyl (C=O) groups is 2. The summed E-state index contributed by atoms with van der Waals surface area (Å²) in [7, 11) is 1.51. The maximum atomic E-state index is 12.3. The Morgan fingerprint density at radius 3 is 2.54 bits per heavy atom. The molecule has 134 valence electrons. The van der Waals surface area contributed by atoms with Crippen LogP contribution in [-0.4, -0.2) is 30.5 Å². The summed E-state index contributed by atoms with van der Waals surface area (Å²) in [5.41, 5.74) is 0.508. The van der Waals surface area contributed by atoms with Crippen molar-refractivity contribution in [3.05, 3.63) is 58.6 Å². The van der Waals surface area contributed by atoms with Crippen molar-refractivity contribution in [3.8, 4) is 11.5 Å². The van der Waals surface area contributed by atoms with Crippen LogP contribution in [0, 0.1) is 16.0 Å². The summed E-state index contributed by atoms with van der Waals surface area (Å²) in [4.78, 5) is 36.3. The van der Waals surface area contributed by atoms with Crippen molar-refractivity contribution >= 4 is 23.3 Å². The molecule has 3 rings (SSSR count). The smallest absolute Gasteiger partial charge is 0.316 e. The lowest BCUT2D eigenvalue weighted by atomic mass is 10.1. The number of non-ortho nitro benzene ring substituents is 1. The van der Waals surface area contributed by atoms with E-state index < -0.39 is 16.8 Å². The number of carbonyl (C=O) groups excluding carboxylic acids is 2. The Kier molecular flexibility index (Phi) is 4.83. The van der Waals surface area contributed by atoms with Gasteiger partial charge in [-0.15, -0.1) is 0 Å². The number of amides is 1. The molecule has 0 spiro atoms. The van der Waals surface area contributed by atoms with Crippen LogP contribution in [0.25, 0.3) is 0 Å². The minimum atomic E-state index is -0.623. The molecule has 0 radical (unpaired) electrons. The van der Waals surface area contributed by atoms with Crippen molar-refractivity contribution in [1.82, 2.24) is 0 Å². The zero-order valence-corrected chi connectivity index (χ0v) is 14.0. The van der Waals surface area contributed by atoms with Gasteiger partial charge in [0.1, 0.15) is 11.5 Å². The van der Waals surface area contributed by atoms with Crippen molar-refractivity contribution < 1.29 is 24.0 Å². The Bertz CT molecular complexity index is 849. The predicted octanol–water partition coefficient (Wildman–Crippen LogP) is 2.56. The molecule has 1 aliphatic rings. The minimum Gasteiger partial charge on any atom is -0.495 e. The number of para-hydroxylation sites is 2. The van der Waals surface area contributed by atoms with Crippen LogP contribution in [0.3, 0.4) is 0 Å². The maximum Gasteiger partial charge on any atom is 0.316 e. The Hall–Kier alpha value is -3.42. The van der Waals surface area contributed by atoms with E-state index in [1.807, 2.05) is 0 Å². The maximum absolute atomic E-state index is 12.3. The molecule has 8 heteroatoms. The lowest BCUT2D eigenvalue weighted by Gasteiger charge is -2.19. The van der Waals surface area contributed by atoms with Gasteiger partial charge in [-0.3, -0.25) is 19.7 Å². The lowest BCUT2D eigenvalue weighted by Crippen LogP contribution is -2.27. The molecule has 0 unspecified atom stereocenters. The summed E-state index contributed by atoms with van der Waals surface area (Å²) in [6, 6.07) is 12.3. The first-order valence-electron chi connectivity index (χ1n) is 7.89. The van der Waals surface area contributed by atoms with Crippen LogP contribution in [0.2, 0.25) is 0 Å².